The summed E-state index contributed by atoms with van der Waals surface area (Å²) < 4.78 is 0. The van der Waals surface area contributed by atoms with Gasteiger partial charge in [-0.15, -0.1) is 0 Å². The molecule has 2 amide bonds. The molecule has 1 aromatic rings. The highest BCUT2D eigenvalue weighted by Crippen LogP contribution is 2.26. The van der Waals surface area contributed by atoms with E-state index in [0.717, 1.165) is 6.42 Å². The van der Waals surface area contributed by atoms with Crippen molar-refractivity contribution in [2.45, 2.75) is 25.3 Å². The quantitative estimate of drug-likeness (QED) is 0.870. The van der Waals surface area contributed by atoms with Crippen molar-refractivity contribution in [3.8, 4) is 0 Å². The molecule has 1 aliphatic heterocycles. The second kappa shape index (κ2) is 5.73. The fraction of sp³-hybridized carbons (Fsp3) is 0.429. The van der Waals surface area contributed by atoms with E-state index in [1.807, 2.05) is 18.2 Å². The molecule has 0 saturated carbocycles. The molecule has 1 aromatic carbocycles. The highest BCUT2D eigenvalue weighted by molar-refractivity contribution is 5.82. The second-order valence-electron chi connectivity index (χ2n) is 4.85. The second-order valence-corrected chi connectivity index (χ2v) is 4.85. The topological polar surface area (TPSA) is 69.6 Å². The first kappa shape index (κ1) is 13.4. The number of amides is 2. The van der Waals surface area contributed by atoms with Gasteiger partial charge in [0, 0.05) is 19.0 Å². The number of hydrogen-bond acceptors (Lipinski definition) is 2. The van der Waals surface area contributed by atoms with Gasteiger partial charge in [-0.25, -0.2) is 4.79 Å². The fourth-order valence-corrected chi connectivity index (χ4v) is 2.28. The van der Waals surface area contributed by atoms with Gasteiger partial charge in [-0.3, -0.25) is 4.79 Å². The summed E-state index contributed by atoms with van der Waals surface area (Å²) >= 11 is 0. The Labute approximate surface area is 112 Å². The van der Waals surface area contributed by atoms with Gasteiger partial charge in [0.15, 0.2) is 0 Å². The summed E-state index contributed by atoms with van der Waals surface area (Å²) in [5, 5.41) is 11.3. The molecule has 1 aliphatic rings. The van der Waals surface area contributed by atoms with Gasteiger partial charge in [0.2, 0.25) is 0 Å². The van der Waals surface area contributed by atoms with Crippen molar-refractivity contribution in [2.75, 3.05) is 13.1 Å². The molecule has 0 aromatic heterocycles. The summed E-state index contributed by atoms with van der Waals surface area (Å²) in [5.74, 6) is -0.681. The molecule has 0 aliphatic carbocycles. The Kier molecular flexibility index (Phi) is 4.04. The minimum atomic E-state index is -1.02. The van der Waals surface area contributed by atoms with Gasteiger partial charge >= 0.3 is 12.0 Å². The molecule has 5 heteroatoms. The van der Waals surface area contributed by atoms with Gasteiger partial charge in [-0.2, -0.15) is 0 Å². The molecule has 5 nitrogen and oxygen atoms in total. The van der Waals surface area contributed by atoms with Gasteiger partial charge in [-0.05, 0) is 18.9 Å². The lowest BCUT2D eigenvalue weighted by atomic mass is 9.99. The minimum absolute atomic E-state index is 0.298. The summed E-state index contributed by atoms with van der Waals surface area (Å²) in [4.78, 5) is 24.3. The van der Waals surface area contributed by atoms with Crippen LogP contribution in [0.25, 0.3) is 0 Å². The molecule has 1 saturated heterocycles. The van der Waals surface area contributed by atoms with Gasteiger partial charge in [-0.1, -0.05) is 30.3 Å². The van der Waals surface area contributed by atoms with Crippen molar-refractivity contribution in [1.29, 1.82) is 0 Å². The number of likely N-dealkylation sites (tertiary alicyclic amines) is 1. The molecule has 19 heavy (non-hydrogen) atoms. The molecule has 0 spiro atoms. The molecule has 2 N–H and O–H groups in total. The number of nitrogens with zero attached hydrogens (tertiary/aromatic N) is 1. The monoisotopic (exact) mass is 262 g/mol. The van der Waals surface area contributed by atoms with Crippen LogP contribution in [0.3, 0.4) is 0 Å². The van der Waals surface area contributed by atoms with Crippen LogP contribution in [-0.4, -0.2) is 41.1 Å². The molecule has 1 unspecified atom stereocenters. The van der Waals surface area contributed by atoms with E-state index in [9.17, 15) is 9.59 Å². The van der Waals surface area contributed by atoms with Gasteiger partial charge < -0.3 is 15.3 Å². The van der Waals surface area contributed by atoms with E-state index in [0.29, 0.717) is 19.0 Å². The van der Waals surface area contributed by atoms with E-state index in [1.165, 1.54) is 12.5 Å². The van der Waals surface area contributed by atoms with Crippen molar-refractivity contribution in [1.82, 2.24) is 10.2 Å². The lowest BCUT2D eigenvalue weighted by molar-refractivity contribution is -0.138. The number of carbonyl (C=O) groups is 2. The number of carboxylic acids is 1. The first-order chi connectivity index (χ1) is 9.08. The van der Waals surface area contributed by atoms with Gasteiger partial charge in [0.05, 0.1) is 0 Å². The van der Waals surface area contributed by atoms with Crippen LogP contribution in [0.15, 0.2) is 30.3 Å². The summed E-state index contributed by atoms with van der Waals surface area (Å²) in [5.41, 5.74) is 1.23. The standard InChI is InChI=1S/C14H18N2O3/c1-10(13(17)18)15-14(19)16-8-7-12(9-16)11-5-3-2-4-6-11/h2-6,10,12H,7-9H2,1H3,(H,15,19)(H,17,18)/t10-,12?/m1/s1. The number of aliphatic carboxylic acids is 1. The largest absolute Gasteiger partial charge is 0.480 e. The van der Waals surface area contributed by atoms with E-state index in [-0.39, 0.29) is 6.03 Å². The zero-order chi connectivity index (χ0) is 13.8. The smallest absolute Gasteiger partial charge is 0.325 e. The van der Waals surface area contributed by atoms with Crippen LogP contribution < -0.4 is 5.32 Å². The van der Waals surface area contributed by atoms with E-state index >= 15 is 0 Å². The average molecular weight is 262 g/mol. The van der Waals surface area contributed by atoms with Crippen LogP contribution in [-0.2, 0) is 4.79 Å². The summed E-state index contributed by atoms with van der Waals surface area (Å²) in [7, 11) is 0. The SMILES string of the molecule is C[C@@H](NC(=O)N1CCC(c2ccccc2)C1)C(=O)O. The van der Waals surface area contributed by atoms with Crippen LogP contribution in [0.2, 0.25) is 0 Å². The zero-order valence-electron chi connectivity index (χ0n) is 10.9. The third kappa shape index (κ3) is 3.24. The normalized spacial score (nSPS) is 20.1. The lowest BCUT2D eigenvalue weighted by Crippen LogP contribution is -2.45. The van der Waals surface area contributed by atoms with Crippen LogP contribution in [0.1, 0.15) is 24.8 Å². The van der Waals surface area contributed by atoms with Crippen LogP contribution in [0.5, 0.6) is 0 Å². The fourth-order valence-electron chi connectivity index (χ4n) is 2.28. The average Bonchev–Trinajstić information content (AvgIpc) is 2.89. The third-order valence-corrected chi connectivity index (χ3v) is 3.46. The summed E-state index contributed by atoms with van der Waals surface area (Å²) in [6.45, 7) is 2.77. The van der Waals surface area contributed by atoms with Crippen molar-refractivity contribution in [3.05, 3.63) is 35.9 Å². The first-order valence-corrected chi connectivity index (χ1v) is 6.41. The van der Waals surface area contributed by atoms with Crippen molar-refractivity contribution >= 4 is 12.0 Å². The number of benzene rings is 1. The maximum absolute atomic E-state index is 11.9. The molecular weight excluding hydrogens is 244 g/mol. The Balaban J connectivity index is 1.91. The predicted molar refractivity (Wildman–Crippen MR) is 71.0 cm³/mol. The highest BCUT2D eigenvalue weighted by Gasteiger charge is 2.28. The molecule has 0 bridgehead atoms. The molecule has 1 fully saturated rings. The lowest BCUT2D eigenvalue weighted by Gasteiger charge is -2.19. The number of carbonyl (C=O) groups excluding carboxylic acids is 1. The maximum Gasteiger partial charge on any atom is 0.325 e. The van der Waals surface area contributed by atoms with E-state index in [4.69, 9.17) is 5.11 Å². The van der Waals surface area contributed by atoms with E-state index in [2.05, 4.69) is 17.4 Å². The molecule has 0 radical (unpaired) electrons. The Hall–Kier alpha value is -2.04. The predicted octanol–water partition coefficient (Wildman–Crippen LogP) is 1.66. The van der Waals surface area contributed by atoms with Crippen LogP contribution >= 0.6 is 0 Å². The number of rotatable bonds is 3. The first-order valence-electron chi connectivity index (χ1n) is 6.41. The van der Waals surface area contributed by atoms with E-state index < -0.39 is 12.0 Å². The summed E-state index contributed by atoms with van der Waals surface area (Å²) in [6.07, 6.45) is 0.916. The third-order valence-electron chi connectivity index (χ3n) is 3.46. The van der Waals surface area contributed by atoms with Crippen molar-refractivity contribution in [2.24, 2.45) is 0 Å². The molecule has 102 valence electrons. The molecular formula is C14H18N2O3. The minimum Gasteiger partial charge on any atom is -0.480 e. The summed E-state index contributed by atoms with van der Waals surface area (Å²) in [6, 6.07) is 8.92. The molecule has 2 rings (SSSR count). The molecule has 2 atom stereocenters. The number of hydrogen-bond donors (Lipinski definition) is 2. The Bertz CT molecular complexity index is 461. The van der Waals surface area contributed by atoms with Crippen LogP contribution in [0, 0.1) is 0 Å². The van der Waals surface area contributed by atoms with Crippen LogP contribution in [0.4, 0.5) is 4.79 Å². The molecule has 1 heterocycles. The van der Waals surface area contributed by atoms with Crippen molar-refractivity contribution < 1.29 is 14.7 Å². The van der Waals surface area contributed by atoms with E-state index in [1.54, 1.807) is 4.90 Å². The van der Waals surface area contributed by atoms with Gasteiger partial charge in [0.1, 0.15) is 6.04 Å². The number of carboxylic acid groups (broad SMARTS) is 1. The number of nitrogens with one attached hydrogen (secondary N) is 1. The Morgan fingerprint density at radius 2 is 2.05 bits per heavy atom. The Morgan fingerprint density at radius 3 is 2.68 bits per heavy atom. The zero-order valence-corrected chi connectivity index (χ0v) is 10.9. The Morgan fingerprint density at radius 1 is 1.37 bits per heavy atom. The van der Waals surface area contributed by atoms with Gasteiger partial charge in [0.25, 0.3) is 0 Å². The maximum atomic E-state index is 11.9. The number of urea groups is 1. The highest BCUT2D eigenvalue weighted by atomic mass is 16.4. The van der Waals surface area contributed by atoms with Crippen molar-refractivity contribution in [3.63, 3.8) is 0 Å².